The quantitative estimate of drug-likeness (QED) is 0.902. The molecule has 1 N–H and O–H groups in total. The van der Waals surface area contributed by atoms with Gasteiger partial charge in [0, 0.05) is 32.2 Å². The smallest absolute Gasteiger partial charge is 0.169 e. The molecular formula is C16H25N5O. The molecule has 0 radical (unpaired) electrons. The topological polar surface area (TPSA) is 76.3 Å². The molecule has 120 valence electrons. The number of anilines is 1. The molecule has 1 aliphatic heterocycles. The highest BCUT2D eigenvalue weighted by atomic mass is 16.3. The van der Waals surface area contributed by atoms with E-state index in [1.54, 1.807) is 0 Å². The van der Waals surface area contributed by atoms with Crippen LogP contribution in [-0.2, 0) is 0 Å². The maximum atomic E-state index is 9.63. The maximum Gasteiger partial charge on any atom is 0.169 e. The summed E-state index contributed by atoms with van der Waals surface area (Å²) in [5.74, 6) is 0.695. The summed E-state index contributed by atoms with van der Waals surface area (Å²) in [4.78, 5) is 4.48. The van der Waals surface area contributed by atoms with Crippen LogP contribution in [-0.4, -0.2) is 58.5 Å². The summed E-state index contributed by atoms with van der Waals surface area (Å²) in [6, 6.07) is 2.64. The van der Waals surface area contributed by atoms with Gasteiger partial charge >= 0.3 is 0 Å². The number of nitriles is 1. The minimum absolute atomic E-state index is 0.323. The number of hydrogen-bond acceptors (Lipinski definition) is 6. The third-order valence-corrected chi connectivity index (χ3v) is 4.42. The van der Waals surface area contributed by atoms with Crippen molar-refractivity contribution in [3.05, 3.63) is 16.8 Å². The molecule has 2 rings (SSSR count). The first-order valence-corrected chi connectivity index (χ1v) is 7.88. The number of aryl methyl sites for hydroxylation is 1. The minimum atomic E-state index is -0.323. The molecule has 1 aliphatic rings. The van der Waals surface area contributed by atoms with Crippen LogP contribution in [0.1, 0.15) is 37.1 Å². The second-order valence-corrected chi connectivity index (χ2v) is 6.07. The van der Waals surface area contributed by atoms with Gasteiger partial charge < -0.3 is 10.0 Å². The molecule has 1 aromatic heterocycles. The highest BCUT2D eigenvalue weighted by molar-refractivity contribution is 5.57. The second kappa shape index (κ2) is 7.03. The average molecular weight is 303 g/mol. The molecule has 6 heteroatoms. The van der Waals surface area contributed by atoms with Crippen molar-refractivity contribution in [2.75, 3.05) is 31.1 Å². The lowest BCUT2D eigenvalue weighted by Crippen LogP contribution is -2.55. The van der Waals surface area contributed by atoms with Crippen molar-refractivity contribution < 1.29 is 5.11 Å². The zero-order valence-corrected chi connectivity index (χ0v) is 13.9. The van der Waals surface area contributed by atoms with E-state index in [4.69, 9.17) is 0 Å². The summed E-state index contributed by atoms with van der Waals surface area (Å²) in [7, 11) is 0. The van der Waals surface area contributed by atoms with Crippen LogP contribution in [0, 0.1) is 25.2 Å². The molecule has 2 atom stereocenters. The van der Waals surface area contributed by atoms with Gasteiger partial charge in [-0.2, -0.15) is 10.4 Å². The molecule has 6 nitrogen and oxygen atoms in total. The lowest BCUT2D eigenvalue weighted by Gasteiger charge is -2.42. The van der Waals surface area contributed by atoms with E-state index >= 15 is 0 Å². The van der Waals surface area contributed by atoms with Gasteiger partial charge in [-0.3, -0.25) is 4.90 Å². The third kappa shape index (κ3) is 3.37. The molecule has 0 aliphatic carbocycles. The Hall–Kier alpha value is -1.71. The van der Waals surface area contributed by atoms with Crippen molar-refractivity contribution in [2.45, 2.75) is 46.3 Å². The molecule has 2 heterocycles. The predicted molar refractivity (Wildman–Crippen MR) is 85.8 cm³/mol. The standard InChI is InChI=1S/C16H25N5O/c1-5-14-10-21(7-6-20(14)9-11(2)22)16-15(8-17)12(3)13(4)18-19-16/h11,14,22H,5-7,9-10H2,1-4H3/t11-,14+/m1/s1. The molecule has 1 aromatic rings. The first-order chi connectivity index (χ1) is 10.5. The molecule has 0 bridgehead atoms. The Bertz CT molecular complexity index is 566. The highest BCUT2D eigenvalue weighted by Crippen LogP contribution is 2.24. The van der Waals surface area contributed by atoms with Crippen molar-refractivity contribution in [3.8, 4) is 6.07 Å². The summed E-state index contributed by atoms with van der Waals surface area (Å²) in [6.45, 7) is 10.9. The average Bonchev–Trinajstić information content (AvgIpc) is 2.49. The zero-order valence-electron chi connectivity index (χ0n) is 13.9. The van der Waals surface area contributed by atoms with E-state index < -0.39 is 0 Å². The SMILES string of the molecule is CC[C@H]1CN(c2nnc(C)c(C)c2C#N)CCN1C[C@@H](C)O. The second-order valence-electron chi connectivity index (χ2n) is 6.07. The van der Waals surface area contributed by atoms with Crippen LogP contribution < -0.4 is 4.90 Å². The Morgan fingerprint density at radius 2 is 2.09 bits per heavy atom. The molecule has 0 unspecified atom stereocenters. The zero-order chi connectivity index (χ0) is 16.3. The molecular weight excluding hydrogens is 278 g/mol. The molecule has 0 spiro atoms. The molecule has 0 amide bonds. The van der Waals surface area contributed by atoms with Crippen molar-refractivity contribution in [3.63, 3.8) is 0 Å². The Morgan fingerprint density at radius 3 is 2.68 bits per heavy atom. The van der Waals surface area contributed by atoms with Crippen LogP contribution in [0.4, 0.5) is 5.82 Å². The summed E-state index contributed by atoms with van der Waals surface area (Å²) in [5.41, 5.74) is 2.35. The van der Waals surface area contributed by atoms with Gasteiger partial charge in [-0.1, -0.05) is 6.92 Å². The van der Waals surface area contributed by atoms with Crippen molar-refractivity contribution >= 4 is 5.82 Å². The van der Waals surface area contributed by atoms with Crippen LogP contribution in [0.25, 0.3) is 0 Å². The van der Waals surface area contributed by atoms with Crippen molar-refractivity contribution in [2.24, 2.45) is 0 Å². The minimum Gasteiger partial charge on any atom is -0.392 e. The first kappa shape index (κ1) is 16.7. The monoisotopic (exact) mass is 303 g/mol. The van der Waals surface area contributed by atoms with Crippen LogP contribution in [0.2, 0.25) is 0 Å². The number of rotatable bonds is 4. The van der Waals surface area contributed by atoms with Crippen molar-refractivity contribution in [1.29, 1.82) is 5.26 Å². The summed E-state index contributed by atoms with van der Waals surface area (Å²) in [6.07, 6.45) is 0.681. The largest absolute Gasteiger partial charge is 0.392 e. The third-order valence-electron chi connectivity index (χ3n) is 4.42. The Morgan fingerprint density at radius 1 is 1.36 bits per heavy atom. The lowest BCUT2D eigenvalue weighted by molar-refractivity contribution is 0.0884. The van der Waals surface area contributed by atoms with Gasteiger partial charge in [0.25, 0.3) is 0 Å². The van der Waals surface area contributed by atoms with Gasteiger partial charge in [0.1, 0.15) is 11.6 Å². The molecule has 1 fully saturated rings. The summed E-state index contributed by atoms with van der Waals surface area (Å²) < 4.78 is 0. The fourth-order valence-electron chi connectivity index (χ4n) is 3.00. The number of piperazine rings is 1. The first-order valence-electron chi connectivity index (χ1n) is 7.88. The fourth-order valence-corrected chi connectivity index (χ4v) is 3.00. The van der Waals surface area contributed by atoms with Crippen LogP contribution in [0.3, 0.4) is 0 Å². The van der Waals surface area contributed by atoms with E-state index in [9.17, 15) is 10.4 Å². The van der Waals surface area contributed by atoms with E-state index in [0.717, 1.165) is 37.3 Å². The molecule has 0 aromatic carbocycles. The fraction of sp³-hybridized carbons (Fsp3) is 0.688. The van der Waals surface area contributed by atoms with Gasteiger partial charge in [0.2, 0.25) is 0 Å². The normalized spacial score (nSPS) is 20.7. The van der Waals surface area contributed by atoms with Crippen LogP contribution >= 0.6 is 0 Å². The van der Waals surface area contributed by atoms with Crippen LogP contribution in [0.15, 0.2) is 0 Å². The van der Waals surface area contributed by atoms with Gasteiger partial charge in [-0.05, 0) is 32.8 Å². The maximum absolute atomic E-state index is 9.63. The Labute approximate surface area is 132 Å². The molecule has 22 heavy (non-hydrogen) atoms. The number of β-amino-alcohol motifs (C(OH)–C–C–N with tert-alkyl or cyclic N) is 1. The predicted octanol–water partition coefficient (Wildman–Crippen LogP) is 1.25. The van der Waals surface area contributed by atoms with E-state index in [1.165, 1.54) is 0 Å². The number of aromatic nitrogens is 2. The molecule has 1 saturated heterocycles. The van der Waals surface area contributed by atoms with Gasteiger partial charge in [0.15, 0.2) is 5.82 Å². The lowest BCUT2D eigenvalue weighted by atomic mass is 10.1. The number of nitrogens with zero attached hydrogens (tertiary/aromatic N) is 5. The van der Waals surface area contributed by atoms with E-state index in [-0.39, 0.29) is 6.10 Å². The van der Waals surface area contributed by atoms with E-state index in [1.807, 2.05) is 20.8 Å². The van der Waals surface area contributed by atoms with Crippen molar-refractivity contribution in [1.82, 2.24) is 15.1 Å². The summed E-state index contributed by atoms with van der Waals surface area (Å²) >= 11 is 0. The van der Waals surface area contributed by atoms with E-state index in [2.05, 4.69) is 33.0 Å². The Balaban J connectivity index is 2.22. The molecule has 0 saturated carbocycles. The number of aliphatic hydroxyl groups excluding tert-OH is 1. The number of hydrogen-bond donors (Lipinski definition) is 1. The van der Waals surface area contributed by atoms with E-state index in [0.29, 0.717) is 24.0 Å². The van der Waals surface area contributed by atoms with Gasteiger partial charge in [-0.25, -0.2) is 0 Å². The number of aliphatic hydroxyl groups is 1. The van der Waals surface area contributed by atoms with Gasteiger partial charge in [-0.15, -0.1) is 5.10 Å². The van der Waals surface area contributed by atoms with Gasteiger partial charge in [0.05, 0.1) is 11.8 Å². The summed E-state index contributed by atoms with van der Waals surface area (Å²) in [5, 5.41) is 27.5. The Kier molecular flexibility index (Phi) is 5.33. The highest BCUT2D eigenvalue weighted by Gasteiger charge is 2.29. The van der Waals surface area contributed by atoms with Crippen LogP contribution in [0.5, 0.6) is 0 Å².